The molecule has 6 saturated carbocycles. The molecule has 0 spiro atoms. The summed E-state index contributed by atoms with van der Waals surface area (Å²) in [5.74, 6) is 3.26. The number of aryl methyl sites for hydroxylation is 1. The number of carbonyl (C=O) groups excluding carboxylic acids is 10. The van der Waals surface area contributed by atoms with Gasteiger partial charge in [-0.05, 0) is 258 Å². The number of hydrazine groups is 2. The minimum Gasteiger partial charge on any atom is -0.465 e. The minimum absolute atomic E-state index is 0.0105. The highest BCUT2D eigenvalue weighted by molar-refractivity contribution is 9.10. The van der Waals surface area contributed by atoms with E-state index < -0.39 is 46.9 Å². The molecule has 7 aliphatic carbocycles. The molecule has 8 aromatic rings. The highest BCUT2D eigenvalue weighted by Crippen LogP contribution is 2.43. The van der Waals surface area contributed by atoms with Gasteiger partial charge < -0.3 is 44.6 Å². The number of aromatic nitrogens is 8. The maximum absolute atomic E-state index is 12.6. The van der Waals surface area contributed by atoms with E-state index in [0.717, 1.165) is 117 Å². The van der Waals surface area contributed by atoms with Crippen molar-refractivity contribution in [1.29, 1.82) is 0 Å². The number of aliphatic hydroxyl groups is 2. The van der Waals surface area contributed by atoms with Gasteiger partial charge in [-0.25, -0.2) is 20.0 Å². The fraction of sp³-hybridized carbons (Fsp3) is 0.590. The number of aliphatic hydroxyl groups excluding tert-OH is 2. The Hall–Kier alpha value is -10.4. The Morgan fingerprint density at radius 2 is 0.993 bits per heavy atom. The van der Waals surface area contributed by atoms with Crippen molar-refractivity contribution in [2.75, 3.05) is 17.2 Å². The number of allylic oxidation sites excluding steroid dienone is 2. The fourth-order valence-electron chi connectivity index (χ4n) is 18.9. The summed E-state index contributed by atoms with van der Waals surface area (Å²) in [5, 5.41) is 48.7. The van der Waals surface area contributed by atoms with Crippen LogP contribution in [0.1, 0.15) is 382 Å². The van der Waals surface area contributed by atoms with Crippen molar-refractivity contribution in [2.45, 2.75) is 386 Å². The van der Waals surface area contributed by atoms with Gasteiger partial charge >= 0.3 is 24.3 Å². The molecular formula is C105H151BrN14O15. The zero-order valence-corrected chi connectivity index (χ0v) is 84.3. The van der Waals surface area contributed by atoms with Crippen LogP contribution in [0.4, 0.5) is 21.0 Å². The summed E-state index contributed by atoms with van der Waals surface area (Å²) < 4.78 is 24.4. The Bertz CT molecular complexity index is 5150. The van der Waals surface area contributed by atoms with E-state index in [9.17, 15) is 43.5 Å². The number of hydrogen-bond donors (Lipinski definition) is 7. The molecule has 1 atom stereocenters. The molecule has 6 fully saturated rings. The molecule has 4 aromatic carbocycles. The van der Waals surface area contributed by atoms with E-state index in [1.165, 1.54) is 184 Å². The molecule has 8 N–H and O–H groups in total. The van der Waals surface area contributed by atoms with Crippen molar-refractivity contribution in [3.8, 4) is 0 Å². The zero-order chi connectivity index (χ0) is 98.8. The lowest BCUT2D eigenvalue weighted by molar-refractivity contribution is -0.192. The quantitative estimate of drug-likeness (QED) is 0.00953. The predicted molar refractivity (Wildman–Crippen MR) is 529 cm³/mol. The molecule has 17 rings (SSSR count). The van der Waals surface area contributed by atoms with Gasteiger partial charge in [0.15, 0.2) is 12.2 Å². The van der Waals surface area contributed by atoms with Gasteiger partial charge in [-0.1, -0.05) is 180 Å². The molecule has 0 saturated heterocycles. The third-order valence-electron chi connectivity index (χ3n) is 27.1. The zero-order valence-electron chi connectivity index (χ0n) is 82.7. The van der Waals surface area contributed by atoms with E-state index in [1.54, 1.807) is 72.6 Å². The van der Waals surface area contributed by atoms with Gasteiger partial charge in [0.05, 0.1) is 71.3 Å². The molecular weight excluding hydrogens is 1780 g/mol. The lowest BCUT2D eigenvalue weighted by Crippen LogP contribution is -2.60. The molecule has 135 heavy (non-hydrogen) atoms. The summed E-state index contributed by atoms with van der Waals surface area (Å²) >= 11 is 3.47. The number of benzene rings is 4. The third kappa shape index (κ3) is 31.9. The van der Waals surface area contributed by atoms with Crippen LogP contribution < -0.4 is 27.3 Å². The second-order valence-corrected chi connectivity index (χ2v) is 41.5. The largest absolute Gasteiger partial charge is 0.465 e. The molecule has 0 radical (unpaired) electrons. The van der Waals surface area contributed by atoms with Gasteiger partial charge in [0.2, 0.25) is 0 Å². The van der Waals surface area contributed by atoms with Crippen LogP contribution in [0, 0.1) is 5.92 Å². The maximum Gasteiger partial charge on any atom is 0.429 e. The number of nitrogens with one attached hydrogen (secondary N) is 4. The number of hydrogen-bond acceptors (Lipinski definition) is 21. The first-order chi connectivity index (χ1) is 64.2. The Labute approximate surface area is 806 Å². The number of aldehydes is 3. The van der Waals surface area contributed by atoms with Crippen LogP contribution in [0.5, 0.6) is 0 Å². The first-order valence-electron chi connectivity index (χ1n) is 48.8. The number of ether oxygens (including phenoxy) is 3. The van der Waals surface area contributed by atoms with Gasteiger partial charge in [-0.2, -0.15) is 30.0 Å². The molecule has 30 heteroatoms. The number of anilines is 2. The summed E-state index contributed by atoms with van der Waals surface area (Å²) in [5.41, 5.74) is 14.0. The van der Waals surface area contributed by atoms with E-state index in [1.807, 2.05) is 106 Å². The average Bonchev–Trinajstić information content (AvgIpc) is 1.61. The Balaban J connectivity index is 0.000000191. The van der Waals surface area contributed by atoms with Crippen LogP contribution in [0.15, 0.2) is 126 Å². The van der Waals surface area contributed by atoms with Crippen LogP contribution in [-0.4, -0.2) is 138 Å². The molecule has 9 aliphatic rings. The standard InChI is InChI=1S/C22H23N3O2.C17H32N2O4.C12H20N2.C11H6BrNO.C11H18N2O.C11H16N2O.C7H16N2.C7H12.C6H8O4.CO2/c1-22(10-3-2-4-11-22)25-13-14(12-23-25)20(26)16-8-9-18-19-15(16)6-5-7-17(19)21(27)24-18;1-15(2,3)22-13(20)18-19(14(21)23-16(4,5)6)17(7)11-9-8-10-12-17;1-3-11-9-13-14(10-11)12(2)7-5-4-6-8-12;12-8-4-5-9-10-6(8)2-1-3-7(10)11(14)13-9;2*1-11(5-3-2-4-6-11)13-8-10(9-14)7-12-13;1-7(9-8)5-3-2-4-6-7;1-7-5-3-2-4-6-7;1-2-10-6(9)5(3-7)4-8;2-1-3/h5-9,12-13,20,26H,2-4,10-11H2,1H3,(H,24,27);8-12H2,1-7H3,(H,18,20);9-10H,3-8H2,1-2H3;1-5H,(H,13,14);7-8,14H,2-6,9H2,1H3;7-9H,2-6H2,1H3;9H,2-6,8H2,1H3;5H,2-4,6H2,1H3;3-5H,2H2,1H3;. The second kappa shape index (κ2) is 51.7. The van der Waals surface area contributed by atoms with Crippen molar-refractivity contribution in [3.63, 3.8) is 0 Å². The van der Waals surface area contributed by atoms with E-state index in [0.29, 0.717) is 16.7 Å². The van der Waals surface area contributed by atoms with Gasteiger partial charge in [0, 0.05) is 79.2 Å². The van der Waals surface area contributed by atoms with Crippen molar-refractivity contribution in [2.24, 2.45) is 11.8 Å². The monoisotopic (exact) mass is 1930 g/mol. The van der Waals surface area contributed by atoms with Crippen LogP contribution in [-0.2, 0) is 73.4 Å². The molecule has 738 valence electrons. The van der Waals surface area contributed by atoms with Gasteiger partial charge in [-0.3, -0.25) is 49.2 Å². The first-order valence-corrected chi connectivity index (χ1v) is 49.6. The van der Waals surface area contributed by atoms with Crippen LogP contribution >= 0.6 is 15.9 Å². The van der Waals surface area contributed by atoms with E-state index in [4.69, 9.17) is 30.0 Å². The van der Waals surface area contributed by atoms with Crippen molar-refractivity contribution >= 4 is 104 Å². The SMILES string of the molecule is CC(C)(C)OC(=O)NN(C(=O)OC(C)(C)C)C1(C)CCCCC1.CC1(NN)CCCCC1.CC1(n2cc(C(O)c3ccc4c5c(cccc35)C(=O)N4)cn2)CCCCC1.CC1(n2cc(C=O)cn2)CCCCC1.CC1(n2cc(CO)cn2)CCCCC1.CC1=CCCCC1.CCOC(=O)C(C=O)C=O.CCc1cnn(C2(C)CCCCC2)c1.O=C1Nc2ccc(Br)c3cccc1c23.O=C=O. The summed E-state index contributed by atoms with van der Waals surface area (Å²) in [7, 11) is 0. The number of carbonyl (C=O) groups is 8. The van der Waals surface area contributed by atoms with Crippen LogP contribution in [0.3, 0.4) is 0 Å². The normalized spacial score (nSPS) is 18.4. The molecule has 2 aliphatic heterocycles. The predicted octanol–water partition coefficient (Wildman–Crippen LogP) is 22.1. The number of esters is 1. The average molecular weight is 1930 g/mol. The highest BCUT2D eigenvalue weighted by Gasteiger charge is 2.42. The molecule has 6 heterocycles. The molecule has 29 nitrogen and oxygen atoms in total. The van der Waals surface area contributed by atoms with Crippen LogP contribution in [0.2, 0.25) is 0 Å². The topological polar surface area (TPSA) is 388 Å². The number of nitrogens with two attached hydrogens (primary N) is 1. The lowest BCUT2D eigenvalue weighted by atomic mass is 9.83. The number of amides is 4. The highest BCUT2D eigenvalue weighted by atomic mass is 79.9. The number of nitrogens with zero attached hydrogens (tertiary/aromatic N) is 9. The van der Waals surface area contributed by atoms with Gasteiger partial charge in [0.1, 0.15) is 29.9 Å². The van der Waals surface area contributed by atoms with E-state index >= 15 is 0 Å². The number of halogens is 1. The smallest absolute Gasteiger partial charge is 0.429 e. The second-order valence-electron chi connectivity index (χ2n) is 40.6. The van der Waals surface area contributed by atoms with Crippen molar-refractivity contribution in [3.05, 3.63) is 165 Å². The minimum atomic E-state index is -1.25. The number of rotatable bonds is 15. The molecule has 4 aromatic heterocycles. The molecule has 4 amide bonds. The van der Waals surface area contributed by atoms with Crippen molar-refractivity contribution in [1.82, 2.24) is 55.0 Å². The van der Waals surface area contributed by atoms with Crippen molar-refractivity contribution < 1.29 is 72.4 Å². The Morgan fingerprint density at radius 3 is 1.39 bits per heavy atom. The molecule has 1 unspecified atom stereocenters. The van der Waals surface area contributed by atoms with Gasteiger partial charge in [-0.15, -0.1) is 0 Å². The van der Waals surface area contributed by atoms with Crippen LogP contribution in [0.25, 0.3) is 21.5 Å². The molecule has 0 bridgehead atoms. The lowest BCUT2D eigenvalue weighted by Gasteiger charge is -2.43. The first kappa shape index (κ1) is 110. The fourth-order valence-corrected chi connectivity index (χ4v) is 19.4. The Morgan fingerprint density at radius 1 is 0.563 bits per heavy atom. The summed E-state index contributed by atoms with van der Waals surface area (Å²) in [6.45, 7) is 30.3. The third-order valence-corrected chi connectivity index (χ3v) is 27.8. The van der Waals surface area contributed by atoms with E-state index in [-0.39, 0.29) is 65.9 Å². The maximum atomic E-state index is 12.6. The summed E-state index contributed by atoms with van der Waals surface area (Å²) in [6, 6.07) is 19.1. The summed E-state index contributed by atoms with van der Waals surface area (Å²) in [6.07, 6.45) is 60.5. The Kier molecular flexibility index (Phi) is 42.1. The van der Waals surface area contributed by atoms with E-state index in [2.05, 4.69) is 128 Å². The summed E-state index contributed by atoms with van der Waals surface area (Å²) in [4.78, 5) is 106. The van der Waals surface area contributed by atoms with Gasteiger partial charge in [0.25, 0.3) is 11.8 Å².